The van der Waals surface area contributed by atoms with Crippen molar-refractivity contribution in [3.63, 3.8) is 0 Å². The third-order valence-corrected chi connectivity index (χ3v) is 6.97. The number of rotatable bonds is 8. The van der Waals surface area contributed by atoms with E-state index in [1.807, 2.05) is 26.0 Å². The van der Waals surface area contributed by atoms with Crippen LogP contribution in [0.5, 0.6) is 5.75 Å². The van der Waals surface area contributed by atoms with Crippen LogP contribution >= 0.6 is 0 Å². The molecule has 0 aromatic heterocycles. The van der Waals surface area contributed by atoms with Crippen LogP contribution in [0.2, 0.25) is 0 Å². The lowest BCUT2D eigenvalue weighted by atomic mass is 9.93. The monoisotopic (exact) mass is 545 g/mol. The van der Waals surface area contributed by atoms with Crippen LogP contribution in [0.25, 0.3) is 11.1 Å². The van der Waals surface area contributed by atoms with E-state index in [-0.39, 0.29) is 5.82 Å². The first kappa shape index (κ1) is 31.2. The number of benzene rings is 3. The van der Waals surface area contributed by atoms with E-state index in [0.29, 0.717) is 18.4 Å². The summed E-state index contributed by atoms with van der Waals surface area (Å²) in [4.78, 5) is 17.7. The minimum atomic E-state index is -0.239. The minimum Gasteiger partial charge on any atom is -0.490 e. The zero-order valence-corrected chi connectivity index (χ0v) is 24.2. The molecule has 0 unspecified atom stereocenters. The van der Waals surface area contributed by atoms with Gasteiger partial charge in [-0.2, -0.15) is 0 Å². The van der Waals surface area contributed by atoms with Crippen LogP contribution < -0.4 is 10.5 Å². The summed E-state index contributed by atoms with van der Waals surface area (Å²) in [6, 6.07) is 21.0. The molecular formula is C34H44FN3O2. The summed E-state index contributed by atoms with van der Waals surface area (Å²) in [5.41, 5.74) is 10.5. The third-order valence-electron chi connectivity index (χ3n) is 6.97. The molecule has 1 saturated carbocycles. The maximum Gasteiger partial charge on any atom is 0.168 e. The van der Waals surface area contributed by atoms with E-state index >= 15 is 0 Å². The lowest BCUT2D eigenvalue weighted by Crippen LogP contribution is -2.37. The summed E-state index contributed by atoms with van der Waals surface area (Å²) < 4.78 is 18.7. The van der Waals surface area contributed by atoms with Crippen LogP contribution in [0.3, 0.4) is 0 Å². The van der Waals surface area contributed by atoms with Gasteiger partial charge in [0, 0.05) is 12.1 Å². The van der Waals surface area contributed by atoms with Crippen LogP contribution in [-0.4, -0.2) is 56.2 Å². The summed E-state index contributed by atoms with van der Waals surface area (Å²) in [5.74, 6) is 0.802. The second-order valence-electron chi connectivity index (χ2n) is 9.77. The number of hydrogen-bond donors (Lipinski definition) is 1. The molecule has 6 heteroatoms. The second-order valence-corrected chi connectivity index (χ2v) is 9.77. The molecule has 0 amide bonds. The molecule has 2 fully saturated rings. The summed E-state index contributed by atoms with van der Waals surface area (Å²) in [5, 5.41) is 0. The Hall–Kier alpha value is -3.35. The average Bonchev–Trinajstić information content (AvgIpc) is 3.81. The number of aliphatic imine (C=N–C) groups is 1. The van der Waals surface area contributed by atoms with Crippen molar-refractivity contribution >= 4 is 12.0 Å². The van der Waals surface area contributed by atoms with E-state index in [1.165, 1.54) is 76.5 Å². The summed E-state index contributed by atoms with van der Waals surface area (Å²) >= 11 is 0. The zero-order valence-electron chi connectivity index (χ0n) is 24.2. The van der Waals surface area contributed by atoms with Crippen molar-refractivity contribution in [3.8, 4) is 16.9 Å². The van der Waals surface area contributed by atoms with Crippen LogP contribution in [-0.2, 0) is 17.6 Å². The average molecular weight is 546 g/mol. The van der Waals surface area contributed by atoms with Gasteiger partial charge in [-0.1, -0.05) is 56.3 Å². The number of likely N-dealkylation sites (tertiary alicyclic amines) is 1. The second kappa shape index (κ2) is 16.7. The van der Waals surface area contributed by atoms with E-state index in [1.54, 1.807) is 12.1 Å². The highest BCUT2D eigenvalue weighted by atomic mass is 19.1. The molecule has 5 nitrogen and oxygen atoms in total. The predicted molar refractivity (Wildman–Crippen MR) is 164 cm³/mol. The van der Waals surface area contributed by atoms with Gasteiger partial charge in [-0.25, -0.2) is 4.39 Å². The Balaban J connectivity index is 0.000000197. The van der Waals surface area contributed by atoms with Crippen LogP contribution in [0, 0.1) is 5.82 Å². The molecule has 1 aliphatic carbocycles. The van der Waals surface area contributed by atoms with Gasteiger partial charge in [0.15, 0.2) is 6.29 Å². The Bertz CT molecular complexity index is 1200. The molecule has 2 heterocycles. The minimum absolute atomic E-state index is 0.239. The van der Waals surface area contributed by atoms with Gasteiger partial charge in [-0.3, -0.25) is 9.79 Å². The maximum absolute atomic E-state index is 12.9. The summed E-state index contributed by atoms with van der Waals surface area (Å²) in [6.45, 7) is 8.54. The van der Waals surface area contributed by atoms with Gasteiger partial charge in [0.2, 0.25) is 0 Å². The number of ether oxygens (including phenoxy) is 1. The number of aldehydes is 1. The van der Waals surface area contributed by atoms with Crippen molar-refractivity contribution in [3.05, 3.63) is 89.2 Å². The number of aryl methyl sites for hydroxylation is 1. The van der Waals surface area contributed by atoms with Gasteiger partial charge in [0.25, 0.3) is 0 Å². The number of carbonyl (C=O) groups is 1. The molecule has 0 radical (unpaired) electrons. The normalized spacial score (nSPS) is 15.3. The first-order valence-corrected chi connectivity index (χ1v) is 14.6. The molecule has 3 aromatic rings. The van der Waals surface area contributed by atoms with Gasteiger partial charge >= 0.3 is 0 Å². The van der Waals surface area contributed by atoms with Gasteiger partial charge in [-0.05, 0) is 112 Å². The number of nitrogens with zero attached hydrogens (tertiary/aromatic N) is 2. The van der Waals surface area contributed by atoms with Gasteiger partial charge < -0.3 is 15.4 Å². The van der Waals surface area contributed by atoms with Gasteiger partial charge in [0.05, 0.1) is 6.10 Å². The molecule has 1 saturated heterocycles. The Labute approximate surface area is 239 Å². The van der Waals surface area contributed by atoms with Crippen LogP contribution in [0.4, 0.5) is 4.39 Å². The predicted octanol–water partition coefficient (Wildman–Crippen LogP) is 6.50. The molecule has 0 spiro atoms. The summed E-state index contributed by atoms with van der Waals surface area (Å²) in [7, 11) is 1.50. The standard InChI is InChI=1S/C16H12FNO.C15H21NO.C2H6.CH5N/c17-14-4-1-11(2-5-14)12-3-6-15-13(9-12)7-8-18-16(15)10-19;1(10-16-11-2-12-16)3-13-4-6-14(7-5-13)17-15-8-9-15;2*1-2/h1-6,9-10H,7-8H2;4-7,15H,1-3,8-12H2;1-2H3;2H2,1H3. The Morgan fingerprint density at radius 2 is 1.65 bits per heavy atom. The van der Waals surface area contributed by atoms with Crippen molar-refractivity contribution < 1.29 is 13.9 Å². The fourth-order valence-electron chi connectivity index (χ4n) is 4.58. The number of fused-ring (bicyclic) bond motifs is 1. The third kappa shape index (κ3) is 9.39. The van der Waals surface area contributed by atoms with E-state index < -0.39 is 0 Å². The highest BCUT2D eigenvalue weighted by Crippen LogP contribution is 2.27. The number of nitrogens with two attached hydrogens (primary N) is 1. The largest absolute Gasteiger partial charge is 0.490 e. The maximum atomic E-state index is 12.9. The first-order chi connectivity index (χ1) is 19.7. The molecule has 3 aromatic carbocycles. The summed E-state index contributed by atoms with van der Waals surface area (Å²) in [6.07, 6.45) is 8.48. The molecule has 40 heavy (non-hydrogen) atoms. The Kier molecular flexibility index (Phi) is 13.0. The fourth-order valence-corrected chi connectivity index (χ4v) is 4.58. The molecule has 0 atom stereocenters. The first-order valence-electron chi connectivity index (χ1n) is 14.6. The van der Waals surface area contributed by atoms with E-state index in [2.05, 4.69) is 46.0 Å². The van der Waals surface area contributed by atoms with E-state index in [4.69, 9.17) is 4.74 Å². The highest BCUT2D eigenvalue weighted by molar-refractivity contribution is 6.37. The molecule has 0 bridgehead atoms. The van der Waals surface area contributed by atoms with Crippen molar-refractivity contribution in [2.75, 3.05) is 33.2 Å². The Morgan fingerprint density at radius 1 is 0.975 bits per heavy atom. The van der Waals surface area contributed by atoms with Gasteiger partial charge in [0.1, 0.15) is 17.3 Å². The van der Waals surface area contributed by atoms with Crippen LogP contribution in [0.15, 0.2) is 71.7 Å². The highest BCUT2D eigenvalue weighted by Gasteiger charge is 2.23. The molecule has 2 aliphatic heterocycles. The molecule has 6 rings (SSSR count). The topological polar surface area (TPSA) is 67.9 Å². The van der Waals surface area contributed by atoms with Crippen molar-refractivity contribution in [2.24, 2.45) is 10.7 Å². The SMILES string of the molecule is CC.CN.O=CC1=NCCc2cc(-c3ccc(F)cc3)ccc21.c1cc(OC2CC2)ccc1CCCN1CCC1. The van der Waals surface area contributed by atoms with E-state index in [0.717, 1.165) is 40.7 Å². The quantitative estimate of drug-likeness (QED) is 0.328. The fraction of sp³-hybridized carbons (Fsp3) is 0.412. The van der Waals surface area contributed by atoms with Crippen molar-refractivity contribution in [1.82, 2.24) is 4.90 Å². The van der Waals surface area contributed by atoms with Crippen molar-refractivity contribution in [2.45, 2.75) is 58.5 Å². The van der Waals surface area contributed by atoms with Crippen molar-refractivity contribution in [1.29, 1.82) is 0 Å². The van der Waals surface area contributed by atoms with Gasteiger partial charge in [-0.15, -0.1) is 0 Å². The van der Waals surface area contributed by atoms with E-state index in [9.17, 15) is 9.18 Å². The molecular weight excluding hydrogens is 501 g/mol. The smallest absolute Gasteiger partial charge is 0.168 e. The lowest BCUT2D eigenvalue weighted by molar-refractivity contribution is -0.102. The Morgan fingerprint density at radius 3 is 2.25 bits per heavy atom. The number of hydrogen-bond acceptors (Lipinski definition) is 5. The molecule has 214 valence electrons. The number of halogens is 1. The molecule has 2 N–H and O–H groups in total. The zero-order chi connectivity index (χ0) is 28.7. The number of carbonyl (C=O) groups excluding carboxylic acids is 1. The lowest BCUT2D eigenvalue weighted by Gasteiger charge is -2.30. The van der Waals surface area contributed by atoms with Crippen LogP contribution in [0.1, 0.15) is 56.2 Å². The molecule has 3 aliphatic rings.